The van der Waals surface area contributed by atoms with Gasteiger partial charge in [0, 0.05) is 22.3 Å². The lowest BCUT2D eigenvalue weighted by molar-refractivity contribution is 0.100. The minimum Gasteiger partial charge on any atom is -0.365 e. The lowest BCUT2D eigenvalue weighted by Gasteiger charge is -2.20. The number of hydrogen-bond acceptors (Lipinski definition) is 6. The molecule has 0 aromatic carbocycles. The predicted molar refractivity (Wildman–Crippen MR) is 118 cm³/mol. The zero-order valence-electron chi connectivity index (χ0n) is 16.7. The summed E-state index contributed by atoms with van der Waals surface area (Å²) in [6, 6.07) is 7.66. The number of nitrogens with one attached hydrogen (secondary N) is 1. The van der Waals surface area contributed by atoms with Gasteiger partial charge in [0.2, 0.25) is 0 Å². The third-order valence-corrected chi connectivity index (χ3v) is 6.37. The fraction of sp³-hybridized carbons (Fsp3) is 0.273. The summed E-state index contributed by atoms with van der Waals surface area (Å²) in [5.74, 6) is 1.02. The van der Waals surface area contributed by atoms with Crippen LogP contribution in [0.5, 0.6) is 0 Å². The number of carbonyl (C=O) groups is 1. The van der Waals surface area contributed by atoms with Crippen molar-refractivity contribution >= 4 is 28.7 Å². The summed E-state index contributed by atoms with van der Waals surface area (Å²) >= 11 is 1.73. The number of nitrogens with zero attached hydrogens (tertiary/aromatic N) is 4. The van der Waals surface area contributed by atoms with Crippen LogP contribution in [0.2, 0.25) is 0 Å². The molecule has 7 nitrogen and oxygen atoms in total. The van der Waals surface area contributed by atoms with Crippen molar-refractivity contribution in [2.45, 2.75) is 39.2 Å². The minimum absolute atomic E-state index is 0.390. The number of primary amides is 1. The van der Waals surface area contributed by atoms with Crippen LogP contribution in [0, 0.1) is 6.92 Å². The molecule has 1 aliphatic rings. The minimum atomic E-state index is -0.498. The number of hydrogen-bond donors (Lipinski definition) is 2. The van der Waals surface area contributed by atoms with Crippen LogP contribution in [-0.2, 0) is 19.4 Å². The average Bonchev–Trinajstić information content (AvgIpc) is 3.38. The summed E-state index contributed by atoms with van der Waals surface area (Å²) in [7, 11) is 0. The molecular formula is C22H22N6OS. The molecule has 1 amide bonds. The highest BCUT2D eigenvalue weighted by Gasteiger charge is 2.22. The fourth-order valence-corrected chi connectivity index (χ4v) is 4.72. The summed E-state index contributed by atoms with van der Waals surface area (Å²) < 4.78 is 1.86. The Bertz CT molecular complexity index is 1240. The Hall–Kier alpha value is -3.26. The molecule has 4 heterocycles. The number of pyridine rings is 1. The van der Waals surface area contributed by atoms with Gasteiger partial charge in [0.05, 0.1) is 17.8 Å². The molecule has 152 valence electrons. The molecule has 0 fully saturated rings. The van der Waals surface area contributed by atoms with E-state index in [1.165, 1.54) is 10.4 Å². The first-order chi connectivity index (χ1) is 14.6. The van der Waals surface area contributed by atoms with Crippen molar-refractivity contribution in [3.8, 4) is 11.5 Å². The summed E-state index contributed by atoms with van der Waals surface area (Å²) in [4.78, 5) is 27.5. The highest BCUT2D eigenvalue weighted by atomic mass is 32.1. The second-order valence-corrected chi connectivity index (χ2v) is 8.52. The first kappa shape index (κ1) is 18.7. The van der Waals surface area contributed by atoms with Crippen molar-refractivity contribution in [1.29, 1.82) is 0 Å². The zero-order chi connectivity index (χ0) is 20.7. The molecule has 8 heteroatoms. The lowest BCUT2D eigenvalue weighted by Crippen LogP contribution is -2.14. The Morgan fingerprint density at radius 2 is 2.07 bits per heavy atom. The quantitative estimate of drug-likeness (QED) is 0.514. The number of aromatic nitrogens is 4. The Labute approximate surface area is 178 Å². The molecule has 1 aliphatic carbocycles. The highest BCUT2D eigenvalue weighted by Crippen LogP contribution is 2.31. The van der Waals surface area contributed by atoms with Gasteiger partial charge >= 0.3 is 0 Å². The maximum Gasteiger partial charge on any atom is 0.252 e. The summed E-state index contributed by atoms with van der Waals surface area (Å²) in [5.41, 5.74) is 10.3. The van der Waals surface area contributed by atoms with Crippen molar-refractivity contribution < 1.29 is 4.79 Å². The third kappa shape index (κ3) is 3.23. The van der Waals surface area contributed by atoms with Gasteiger partial charge in [-0.1, -0.05) is 6.07 Å². The highest BCUT2D eigenvalue weighted by molar-refractivity contribution is 7.09. The van der Waals surface area contributed by atoms with E-state index in [1.807, 2.05) is 17.5 Å². The standard InChI is InChI=1S/C22H22N6OS/c1-13-18(28-10-4-8-16(19(23)29)22(28)25-13)21-26-17-9-3-2-7-15(17)20(27-21)24-12-14-6-5-11-30-14/h4-6,8,10-11H,2-3,7,9,12H2,1H3,(H2,23,29)(H,24,26,27). The van der Waals surface area contributed by atoms with Crippen LogP contribution < -0.4 is 11.1 Å². The summed E-state index contributed by atoms with van der Waals surface area (Å²) in [6.07, 6.45) is 6.09. The van der Waals surface area contributed by atoms with Gasteiger partial charge in [0.15, 0.2) is 5.82 Å². The van der Waals surface area contributed by atoms with Crippen LogP contribution in [0.4, 0.5) is 5.82 Å². The second-order valence-electron chi connectivity index (χ2n) is 7.49. The first-order valence-electron chi connectivity index (χ1n) is 10.1. The molecule has 0 aliphatic heterocycles. The molecule has 30 heavy (non-hydrogen) atoms. The molecule has 0 spiro atoms. The number of nitrogens with two attached hydrogens (primary N) is 1. The first-order valence-corrected chi connectivity index (χ1v) is 10.9. The van der Waals surface area contributed by atoms with E-state index in [-0.39, 0.29) is 0 Å². The normalized spacial score (nSPS) is 13.4. The number of imidazole rings is 1. The van der Waals surface area contributed by atoms with Crippen LogP contribution in [0.25, 0.3) is 17.2 Å². The third-order valence-electron chi connectivity index (χ3n) is 5.49. The van der Waals surface area contributed by atoms with Gasteiger partial charge < -0.3 is 11.1 Å². The lowest BCUT2D eigenvalue weighted by atomic mass is 9.96. The fourth-order valence-electron chi connectivity index (χ4n) is 4.07. The van der Waals surface area contributed by atoms with Gasteiger partial charge in [-0.2, -0.15) is 0 Å². The monoisotopic (exact) mass is 418 g/mol. The topological polar surface area (TPSA) is 98.2 Å². The number of carbonyl (C=O) groups excluding carboxylic acids is 1. The van der Waals surface area contributed by atoms with Gasteiger partial charge in [-0.05, 0) is 56.2 Å². The Kier molecular flexibility index (Phi) is 4.71. The van der Waals surface area contributed by atoms with Crippen molar-refractivity contribution in [2.24, 2.45) is 5.73 Å². The molecule has 0 saturated heterocycles. The van der Waals surface area contributed by atoms with E-state index in [0.29, 0.717) is 17.0 Å². The maximum absolute atomic E-state index is 11.8. The Balaban J connectivity index is 1.64. The molecule has 4 aromatic heterocycles. The summed E-state index contributed by atoms with van der Waals surface area (Å²) in [5, 5.41) is 5.61. The van der Waals surface area contributed by atoms with Gasteiger partial charge in [0.25, 0.3) is 5.91 Å². The van der Waals surface area contributed by atoms with Crippen molar-refractivity contribution in [1.82, 2.24) is 19.4 Å². The van der Waals surface area contributed by atoms with Gasteiger partial charge in [-0.3, -0.25) is 9.20 Å². The van der Waals surface area contributed by atoms with Crippen LogP contribution in [0.15, 0.2) is 35.8 Å². The van der Waals surface area contributed by atoms with Crippen LogP contribution in [-0.4, -0.2) is 25.3 Å². The number of anilines is 1. The van der Waals surface area contributed by atoms with Crippen molar-refractivity contribution in [3.05, 3.63) is 63.2 Å². The number of aryl methyl sites for hydroxylation is 2. The molecule has 5 rings (SSSR count). The van der Waals surface area contributed by atoms with Gasteiger partial charge in [-0.15, -0.1) is 11.3 Å². The molecule has 3 N–H and O–H groups in total. The van der Waals surface area contributed by atoms with Gasteiger partial charge in [-0.25, -0.2) is 15.0 Å². The van der Waals surface area contributed by atoms with Crippen LogP contribution >= 0.6 is 11.3 Å². The molecule has 0 saturated carbocycles. The van der Waals surface area contributed by atoms with E-state index in [1.54, 1.807) is 23.5 Å². The van der Waals surface area contributed by atoms with Crippen molar-refractivity contribution in [3.63, 3.8) is 0 Å². The number of thiophene rings is 1. The molecular weight excluding hydrogens is 396 g/mol. The van der Waals surface area contributed by atoms with E-state index in [9.17, 15) is 4.79 Å². The average molecular weight is 419 g/mol. The molecule has 0 bridgehead atoms. The number of amides is 1. The van der Waals surface area contributed by atoms with E-state index < -0.39 is 5.91 Å². The zero-order valence-corrected chi connectivity index (χ0v) is 17.5. The Morgan fingerprint density at radius 1 is 1.20 bits per heavy atom. The van der Waals surface area contributed by atoms with E-state index in [0.717, 1.165) is 55.1 Å². The second kappa shape index (κ2) is 7.53. The predicted octanol–water partition coefficient (Wildman–Crippen LogP) is 3.75. The largest absolute Gasteiger partial charge is 0.365 e. The molecule has 0 unspecified atom stereocenters. The van der Waals surface area contributed by atoms with Crippen LogP contribution in [0.1, 0.15) is 45.0 Å². The molecule has 0 radical (unpaired) electrons. The van der Waals surface area contributed by atoms with E-state index in [2.05, 4.69) is 27.8 Å². The van der Waals surface area contributed by atoms with E-state index >= 15 is 0 Å². The Morgan fingerprint density at radius 3 is 2.87 bits per heavy atom. The maximum atomic E-state index is 11.8. The van der Waals surface area contributed by atoms with E-state index in [4.69, 9.17) is 15.7 Å². The van der Waals surface area contributed by atoms with Crippen LogP contribution in [0.3, 0.4) is 0 Å². The number of fused-ring (bicyclic) bond motifs is 2. The van der Waals surface area contributed by atoms with Crippen molar-refractivity contribution in [2.75, 3.05) is 5.32 Å². The SMILES string of the molecule is Cc1nc2c(C(N)=O)cccn2c1-c1nc2c(c(NCc3cccs3)n1)CCCC2. The van der Waals surface area contributed by atoms with Gasteiger partial charge in [0.1, 0.15) is 17.2 Å². The number of rotatable bonds is 5. The summed E-state index contributed by atoms with van der Waals surface area (Å²) in [6.45, 7) is 2.65. The molecule has 0 atom stereocenters. The smallest absolute Gasteiger partial charge is 0.252 e. The molecule has 4 aromatic rings.